The summed E-state index contributed by atoms with van der Waals surface area (Å²) in [5.41, 5.74) is 7.28. The summed E-state index contributed by atoms with van der Waals surface area (Å²) in [6.45, 7) is 2.42. The van der Waals surface area contributed by atoms with E-state index in [-0.39, 0.29) is 23.0 Å². The average molecular weight is 627 g/mol. The first kappa shape index (κ1) is 25.6. The van der Waals surface area contributed by atoms with Crippen molar-refractivity contribution in [2.75, 3.05) is 18.8 Å². The van der Waals surface area contributed by atoms with Crippen LogP contribution in [0.4, 0.5) is 23.4 Å². The number of nitrogen functional groups attached to an aromatic ring is 1. The summed E-state index contributed by atoms with van der Waals surface area (Å²) < 4.78 is 58.9. The number of alkyl halides is 5. The minimum atomic E-state index is -5.18. The van der Waals surface area contributed by atoms with Crippen molar-refractivity contribution in [3.8, 4) is 11.6 Å². The van der Waals surface area contributed by atoms with E-state index in [4.69, 9.17) is 10.5 Å². The van der Waals surface area contributed by atoms with Crippen LogP contribution in [0.25, 0.3) is 16.9 Å². The third kappa shape index (κ3) is 5.32. The highest BCUT2D eigenvalue weighted by Gasteiger charge is 2.59. The van der Waals surface area contributed by atoms with Crippen LogP contribution in [-0.2, 0) is 10.2 Å². The minimum absolute atomic E-state index is 0.0542. The fourth-order valence-corrected chi connectivity index (χ4v) is 4.64. The Bertz CT molecular complexity index is 1390. The predicted molar refractivity (Wildman–Crippen MR) is 137 cm³/mol. The van der Waals surface area contributed by atoms with Gasteiger partial charge in [-0.25, -0.2) is 24.3 Å². The van der Waals surface area contributed by atoms with Crippen LogP contribution < -0.4 is 10.5 Å². The lowest BCUT2D eigenvalue weighted by Crippen LogP contribution is -2.37. The number of fused-ring (bicyclic) bond motifs is 1. The molecule has 0 spiro atoms. The fourth-order valence-electron chi connectivity index (χ4n) is 4.28. The highest BCUT2D eigenvalue weighted by Crippen LogP contribution is 2.48. The summed E-state index contributed by atoms with van der Waals surface area (Å²) in [6, 6.07) is 9.88. The van der Waals surface area contributed by atoms with Crippen LogP contribution in [0.15, 0.2) is 55.0 Å². The quantitative estimate of drug-likeness (QED) is 0.184. The molecular weight excluding hydrogens is 605 g/mol. The molecule has 0 amide bonds. The molecule has 13 heteroatoms. The largest absolute Gasteiger partial charge is 0.474 e. The van der Waals surface area contributed by atoms with Gasteiger partial charge in [0.25, 0.3) is 0 Å². The third-order valence-corrected chi connectivity index (χ3v) is 7.20. The molecule has 0 bridgehead atoms. The van der Waals surface area contributed by atoms with E-state index in [9.17, 15) is 17.6 Å². The molecule has 0 aromatic carbocycles. The van der Waals surface area contributed by atoms with Crippen molar-refractivity contribution in [3.63, 3.8) is 0 Å². The molecule has 1 saturated heterocycles. The molecule has 4 aromatic heterocycles. The molecule has 1 aliphatic rings. The zero-order valence-electron chi connectivity index (χ0n) is 19.4. The van der Waals surface area contributed by atoms with E-state index < -0.39 is 15.7 Å². The molecule has 0 aliphatic carbocycles. The normalized spacial score (nSPS) is 17.1. The van der Waals surface area contributed by atoms with Gasteiger partial charge in [0, 0.05) is 38.1 Å². The average Bonchev–Trinajstić information content (AvgIpc) is 3.26. The molecule has 1 unspecified atom stereocenters. The number of nitrogens with two attached hydrogens (primary N) is 1. The number of imidazole rings is 1. The molecular formula is C24H22F4IN7O. The summed E-state index contributed by atoms with van der Waals surface area (Å²) >= 11 is 0.728. The summed E-state index contributed by atoms with van der Waals surface area (Å²) in [7, 11) is 0. The number of pyridine rings is 3. The smallest absolute Gasteiger partial charge is 0.439 e. The standard InChI is InChI=1S/C24H22F4IN7O/c25-23(29,24(26,27)28)22-34-18-2-1-8-32-21(18)36(22)16-3-4-20(33-13-16)37-17-6-10-35(11-7-17)14-15-5-9-31-19(30)12-15/h1-5,8-9,12-13,17H,6-7,10-11,14H2,(H2,30,31). The van der Waals surface area contributed by atoms with Gasteiger partial charge in [-0.1, -0.05) is 0 Å². The van der Waals surface area contributed by atoms with Crippen LogP contribution in [-0.4, -0.2) is 54.8 Å². The van der Waals surface area contributed by atoms with E-state index >= 15 is 0 Å². The number of nitrogens with zero attached hydrogens (tertiary/aromatic N) is 6. The second-order valence-corrected chi connectivity index (χ2v) is 10.2. The zero-order valence-corrected chi connectivity index (χ0v) is 21.5. The number of anilines is 1. The number of ether oxygens (including phenoxy) is 1. The van der Waals surface area contributed by atoms with E-state index in [0.29, 0.717) is 11.7 Å². The van der Waals surface area contributed by atoms with E-state index in [2.05, 4.69) is 24.8 Å². The Balaban J connectivity index is 1.30. The van der Waals surface area contributed by atoms with Gasteiger partial charge >= 0.3 is 9.85 Å². The number of hydrogen-bond donors (Lipinski definition) is 1. The predicted octanol–water partition coefficient (Wildman–Crippen LogP) is 4.96. The Labute approximate surface area is 223 Å². The van der Waals surface area contributed by atoms with Gasteiger partial charge in [0.1, 0.15) is 17.4 Å². The minimum Gasteiger partial charge on any atom is -0.474 e. The van der Waals surface area contributed by atoms with Crippen molar-refractivity contribution in [2.24, 2.45) is 0 Å². The van der Waals surface area contributed by atoms with Gasteiger partial charge in [0.2, 0.25) is 5.88 Å². The molecule has 0 saturated carbocycles. The number of rotatable bonds is 6. The topological polar surface area (TPSA) is 95.0 Å². The maximum Gasteiger partial charge on any atom is 0.439 e. The molecule has 37 heavy (non-hydrogen) atoms. The molecule has 4 aromatic rings. The van der Waals surface area contributed by atoms with Crippen LogP contribution in [0.1, 0.15) is 24.2 Å². The maximum absolute atomic E-state index is 15.0. The Morgan fingerprint density at radius 2 is 1.81 bits per heavy atom. The number of aromatic nitrogens is 5. The molecule has 5 heterocycles. The highest BCUT2D eigenvalue weighted by molar-refractivity contribution is 14.1. The molecule has 8 nitrogen and oxygen atoms in total. The first-order chi connectivity index (χ1) is 17.6. The number of hydrogen-bond acceptors (Lipinski definition) is 7. The van der Waals surface area contributed by atoms with Crippen molar-refractivity contribution >= 4 is 39.6 Å². The second kappa shape index (κ2) is 10.0. The lowest BCUT2D eigenvalue weighted by Gasteiger charge is -2.31. The van der Waals surface area contributed by atoms with E-state index in [1.807, 2.05) is 12.1 Å². The summed E-state index contributed by atoms with van der Waals surface area (Å²) in [4.78, 5) is 18.6. The fraction of sp³-hybridized carbons (Fsp3) is 0.333. The Morgan fingerprint density at radius 3 is 2.49 bits per heavy atom. The Morgan fingerprint density at radius 1 is 1.03 bits per heavy atom. The molecule has 1 aliphatic heterocycles. The lowest BCUT2D eigenvalue weighted by molar-refractivity contribution is -0.193. The summed E-state index contributed by atoms with van der Waals surface area (Å²) in [6.07, 6.45) is 0.776. The zero-order chi connectivity index (χ0) is 26.2. The van der Waals surface area contributed by atoms with Crippen molar-refractivity contribution < 1.29 is 22.3 Å². The van der Waals surface area contributed by atoms with Gasteiger partial charge in [-0.15, -0.1) is 0 Å². The van der Waals surface area contributed by atoms with Crippen molar-refractivity contribution in [3.05, 3.63) is 66.4 Å². The van der Waals surface area contributed by atoms with E-state index in [1.54, 1.807) is 12.3 Å². The molecule has 5 rings (SSSR count). The van der Waals surface area contributed by atoms with Gasteiger partial charge in [-0.05, 0) is 71.3 Å². The molecule has 0 radical (unpaired) electrons. The second-order valence-electron chi connectivity index (χ2n) is 8.73. The van der Waals surface area contributed by atoms with Crippen LogP contribution in [0.5, 0.6) is 5.88 Å². The first-order valence-electron chi connectivity index (χ1n) is 11.5. The summed E-state index contributed by atoms with van der Waals surface area (Å²) in [5, 5.41) is 0. The van der Waals surface area contributed by atoms with Gasteiger partial charge in [-0.3, -0.25) is 9.47 Å². The SMILES string of the molecule is Nc1cc(CN2CCC(Oc3ccc(-n4c(C(F)(I)C(F)(F)F)nc5cccnc54)cn3)CC2)ccn1. The lowest BCUT2D eigenvalue weighted by atomic mass is 10.1. The Kier molecular flexibility index (Phi) is 6.91. The van der Waals surface area contributed by atoms with Crippen molar-refractivity contribution in [2.45, 2.75) is 35.3 Å². The number of piperidine rings is 1. The van der Waals surface area contributed by atoms with Crippen LogP contribution in [0.2, 0.25) is 0 Å². The molecule has 194 valence electrons. The highest BCUT2D eigenvalue weighted by atomic mass is 127. The summed E-state index contributed by atoms with van der Waals surface area (Å²) in [5.74, 6) is -0.00105. The van der Waals surface area contributed by atoms with Crippen molar-refractivity contribution in [1.82, 2.24) is 29.4 Å². The first-order valence-corrected chi connectivity index (χ1v) is 12.5. The third-order valence-electron chi connectivity index (χ3n) is 6.11. The number of likely N-dealkylation sites (tertiary alicyclic amines) is 1. The van der Waals surface area contributed by atoms with Gasteiger partial charge in [0.15, 0.2) is 11.5 Å². The van der Waals surface area contributed by atoms with Crippen molar-refractivity contribution in [1.29, 1.82) is 0 Å². The van der Waals surface area contributed by atoms with Gasteiger partial charge in [0.05, 0.1) is 11.9 Å². The molecule has 1 atom stereocenters. The van der Waals surface area contributed by atoms with Gasteiger partial charge in [-0.2, -0.15) is 13.2 Å². The van der Waals surface area contributed by atoms with Gasteiger partial charge < -0.3 is 10.5 Å². The van der Waals surface area contributed by atoms with Crippen LogP contribution in [0.3, 0.4) is 0 Å². The van der Waals surface area contributed by atoms with E-state index in [0.717, 1.165) is 65.2 Å². The van der Waals surface area contributed by atoms with Crippen LogP contribution in [0, 0.1) is 0 Å². The number of halogens is 5. The monoisotopic (exact) mass is 627 g/mol. The molecule has 2 N–H and O–H groups in total. The molecule has 1 fully saturated rings. The Hall–Kier alpha value is -3.07. The maximum atomic E-state index is 15.0. The van der Waals surface area contributed by atoms with E-state index in [1.165, 1.54) is 30.6 Å². The van der Waals surface area contributed by atoms with Crippen LogP contribution >= 0.6 is 22.6 Å².